The molecule has 34 heavy (non-hydrogen) atoms. The van der Waals surface area contributed by atoms with E-state index < -0.39 is 23.7 Å². The van der Waals surface area contributed by atoms with Gasteiger partial charge in [-0.1, -0.05) is 46.3 Å². The minimum atomic E-state index is -1.02. The molecule has 0 aliphatic carbocycles. The second-order valence-corrected chi connectivity index (χ2v) is 8.71. The van der Waals surface area contributed by atoms with Crippen LogP contribution in [0.15, 0.2) is 70.7 Å². The number of imide groups is 2. The van der Waals surface area contributed by atoms with Crippen molar-refractivity contribution >= 4 is 45.5 Å². The van der Waals surface area contributed by atoms with Crippen LogP contribution in [0.25, 0.3) is 6.08 Å². The van der Waals surface area contributed by atoms with Crippen LogP contribution in [0.3, 0.4) is 0 Å². The average Bonchev–Trinajstić information content (AvgIpc) is 2.79. The molecule has 4 rings (SSSR count). The molecular formula is C26H20BrFN2O4. The standard InChI is InChI=1S/C26H20BrFN2O4/c1-15-7-8-17(11-16(15)2)14-34-23-10-9-19(27)12-18(23)13-20-24(31)29-26(33)30(25(20)32)22-6-4-3-5-21(22)28/h3-13H,14H2,1-2H3,(H,29,31,33)/b20-13-. The fraction of sp³-hybridized carbons (Fsp3) is 0.115. The molecule has 0 bridgehead atoms. The van der Waals surface area contributed by atoms with Crippen molar-refractivity contribution in [3.8, 4) is 5.75 Å². The number of nitrogens with one attached hydrogen (secondary N) is 1. The van der Waals surface area contributed by atoms with E-state index in [-0.39, 0.29) is 17.9 Å². The number of para-hydroxylation sites is 1. The summed E-state index contributed by atoms with van der Waals surface area (Å²) in [6.07, 6.45) is 1.33. The first-order valence-corrected chi connectivity index (χ1v) is 11.2. The second kappa shape index (κ2) is 9.61. The zero-order valence-electron chi connectivity index (χ0n) is 18.4. The van der Waals surface area contributed by atoms with Gasteiger partial charge in [0.05, 0.1) is 5.69 Å². The number of hydrogen-bond donors (Lipinski definition) is 1. The Morgan fingerprint density at radius 3 is 2.50 bits per heavy atom. The Bertz CT molecular complexity index is 1350. The van der Waals surface area contributed by atoms with Crippen molar-refractivity contribution in [1.29, 1.82) is 0 Å². The van der Waals surface area contributed by atoms with Gasteiger partial charge in [-0.3, -0.25) is 14.9 Å². The van der Waals surface area contributed by atoms with Crippen LogP contribution >= 0.6 is 15.9 Å². The summed E-state index contributed by atoms with van der Waals surface area (Å²) in [5, 5.41) is 2.10. The largest absolute Gasteiger partial charge is 0.488 e. The Kier molecular flexibility index (Phi) is 6.61. The first kappa shape index (κ1) is 23.4. The zero-order valence-corrected chi connectivity index (χ0v) is 20.0. The molecule has 1 N–H and O–H groups in total. The predicted octanol–water partition coefficient (Wildman–Crippen LogP) is 5.45. The lowest BCUT2D eigenvalue weighted by atomic mass is 10.1. The summed E-state index contributed by atoms with van der Waals surface area (Å²) in [7, 11) is 0. The molecule has 172 valence electrons. The van der Waals surface area contributed by atoms with E-state index >= 15 is 0 Å². The fourth-order valence-corrected chi connectivity index (χ4v) is 3.86. The summed E-state index contributed by atoms with van der Waals surface area (Å²) in [5.41, 5.74) is 3.16. The third-order valence-corrected chi connectivity index (χ3v) is 5.93. The Labute approximate surface area is 204 Å². The van der Waals surface area contributed by atoms with Gasteiger partial charge in [0.15, 0.2) is 0 Å². The zero-order chi connectivity index (χ0) is 24.4. The molecule has 1 aliphatic heterocycles. The van der Waals surface area contributed by atoms with Gasteiger partial charge in [0.1, 0.15) is 23.7 Å². The highest BCUT2D eigenvalue weighted by Crippen LogP contribution is 2.29. The van der Waals surface area contributed by atoms with Crippen LogP contribution < -0.4 is 15.0 Å². The number of carbonyl (C=O) groups excluding carboxylic acids is 3. The highest BCUT2D eigenvalue weighted by Gasteiger charge is 2.38. The summed E-state index contributed by atoms with van der Waals surface area (Å²) in [6, 6.07) is 15.5. The van der Waals surface area contributed by atoms with Gasteiger partial charge in [0, 0.05) is 10.0 Å². The van der Waals surface area contributed by atoms with E-state index in [1.54, 1.807) is 18.2 Å². The van der Waals surface area contributed by atoms with Gasteiger partial charge in [-0.15, -0.1) is 0 Å². The topological polar surface area (TPSA) is 75.7 Å². The average molecular weight is 523 g/mol. The van der Waals surface area contributed by atoms with E-state index in [1.165, 1.54) is 29.8 Å². The molecule has 0 aromatic heterocycles. The van der Waals surface area contributed by atoms with E-state index in [0.29, 0.717) is 20.7 Å². The molecule has 1 saturated heterocycles. The normalized spacial score (nSPS) is 15.0. The maximum Gasteiger partial charge on any atom is 0.336 e. The number of barbiturate groups is 1. The van der Waals surface area contributed by atoms with Crippen molar-refractivity contribution < 1.29 is 23.5 Å². The van der Waals surface area contributed by atoms with Gasteiger partial charge in [0.2, 0.25) is 0 Å². The molecule has 0 saturated carbocycles. The number of carbonyl (C=O) groups is 3. The second-order valence-electron chi connectivity index (χ2n) is 7.80. The summed E-state index contributed by atoms with van der Waals surface area (Å²) in [6.45, 7) is 4.32. The van der Waals surface area contributed by atoms with Crippen LogP contribution in [0, 0.1) is 19.7 Å². The van der Waals surface area contributed by atoms with Gasteiger partial charge in [0.25, 0.3) is 11.8 Å². The van der Waals surface area contributed by atoms with E-state index in [0.717, 1.165) is 17.2 Å². The van der Waals surface area contributed by atoms with Crippen molar-refractivity contribution in [2.24, 2.45) is 0 Å². The summed E-state index contributed by atoms with van der Waals surface area (Å²) in [5.74, 6) is -2.13. The molecule has 3 aromatic carbocycles. The number of nitrogens with zero attached hydrogens (tertiary/aromatic N) is 1. The minimum Gasteiger partial charge on any atom is -0.488 e. The number of benzene rings is 3. The third-order valence-electron chi connectivity index (χ3n) is 5.43. The lowest BCUT2D eigenvalue weighted by molar-refractivity contribution is -0.122. The Hall–Kier alpha value is -3.78. The van der Waals surface area contributed by atoms with Crippen molar-refractivity contribution in [3.63, 3.8) is 0 Å². The van der Waals surface area contributed by atoms with Gasteiger partial charge in [-0.2, -0.15) is 0 Å². The molecule has 1 fully saturated rings. The lowest BCUT2D eigenvalue weighted by Crippen LogP contribution is -2.54. The van der Waals surface area contributed by atoms with E-state index in [2.05, 4.69) is 21.2 Å². The third kappa shape index (κ3) is 4.77. The van der Waals surface area contributed by atoms with Crippen LogP contribution in [0.4, 0.5) is 14.9 Å². The number of rotatable bonds is 5. The first-order chi connectivity index (χ1) is 16.2. The lowest BCUT2D eigenvalue weighted by Gasteiger charge is -2.26. The summed E-state index contributed by atoms with van der Waals surface area (Å²) >= 11 is 3.39. The number of urea groups is 1. The molecule has 1 heterocycles. The summed E-state index contributed by atoms with van der Waals surface area (Å²) < 4.78 is 21.0. The van der Waals surface area contributed by atoms with Crippen LogP contribution in [0.2, 0.25) is 0 Å². The van der Waals surface area contributed by atoms with E-state index in [9.17, 15) is 18.8 Å². The SMILES string of the molecule is Cc1ccc(COc2ccc(Br)cc2/C=C2/C(=O)NC(=O)N(c3ccccc3F)C2=O)cc1C. The Morgan fingerprint density at radius 1 is 1.00 bits per heavy atom. The highest BCUT2D eigenvalue weighted by atomic mass is 79.9. The molecule has 0 radical (unpaired) electrons. The number of hydrogen-bond acceptors (Lipinski definition) is 4. The minimum absolute atomic E-state index is 0.246. The maximum absolute atomic E-state index is 14.3. The molecular weight excluding hydrogens is 503 g/mol. The molecule has 0 spiro atoms. The maximum atomic E-state index is 14.3. The molecule has 1 aliphatic rings. The molecule has 8 heteroatoms. The number of anilines is 1. The predicted molar refractivity (Wildman–Crippen MR) is 130 cm³/mol. The molecule has 6 nitrogen and oxygen atoms in total. The van der Waals surface area contributed by atoms with E-state index in [4.69, 9.17) is 4.74 Å². The number of halogens is 2. The smallest absolute Gasteiger partial charge is 0.336 e. The van der Waals surface area contributed by atoms with E-state index in [1.807, 2.05) is 32.0 Å². The summed E-state index contributed by atoms with van der Waals surface area (Å²) in [4.78, 5) is 38.6. The van der Waals surface area contributed by atoms with Crippen molar-refractivity contribution in [1.82, 2.24) is 5.32 Å². The van der Waals surface area contributed by atoms with Crippen molar-refractivity contribution in [2.45, 2.75) is 20.5 Å². The molecule has 4 amide bonds. The van der Waals surface area contributed by atoms with Crippen LogP contribution in [-0.2, 0) is 16.2 Å². The first-order valence-electron chi connectivity index (χ1n) is 10.4. The molecule has 0 unspecified atom stereocenters. The molecule has 3 aromatic rings. The van der Waals surface area contributed by atoms with Crippen LogP contribution in [-0.4, -0.2) is 17.8 Å². The van der Waals surface area contributed by atoms with Gasteiger partial charge >= 0.3 is 6.03 Å². The van der Waals surface area contributed by atoms with Crippen LogP contribution in [0.5, 0.6) is 5.75 Å². The van der Waals surface area contributed by atoms with Crippen molar-refractivity contribution in [2.75, 3.05) is 4.90 Å². The quantitative estimate of drug-likeness (QED) is 0.357. The van der Waals surface area contributed by atoms with Gasteiger partial charge < -0.3 is 4.74 Å². The highest BCUT2D eigenvalue weighted by molar-refractivity contribution is 9.10. The fourth-order valence-electron chi connectivity index (χ4n) is 3.48. The van der Waals surface area contributed by atoms with Crippen LogP contribution in [0.1, 0.15) is 22.3 Å². The number of ether oxygens (including phenoxy) is 1. The number of aryl methyl sites for hydroxylation is 2. The number of amides is 4. The molecule has 0 atom stereocenters. The Morgan fingerprint density at radius 2 is 1.76 bits per heavy atom. The Balaban J connectivity index is 1.68. The van der Waals surface area contributed by atoms with Crippen molar-refractivity contribution in [3.05, 3.63) is 98.8 Å². The van der Waals surface area contributed by atoms with Gasteiger partial charge in [-0.25, -0.2) is 14.1 Å². The van der Waals surface area contributed by atoms with Gasteiger partial charge in [-0.05, 0) is 66.9 Å². The monoisotopic (exact) mass is 522 g/mol.